The smallest absolute Gasteiger partial charge is 0.301 e. The van der Waals surface area contributed by atoms with Crippen LogP contribution in [0.5, 0.6) is 0 Å². The van der Waals surface area contributed by atoms with Crippen LogP contribution >= 0.6 is 11.3 Å². The number of nitrogens with zero attached hydrogens (tertiary/aromatic N) is 1. The topological polar surface area (TPSA) is 43.3 Å². The first-order valence-corrected chi connectivity index (χ1v) is 8.19. The van der Waals surface area contributed by atoms with Gasteiger partial charge in [-0.25, -0.2) is 0 Å². The molecule has 2 aromatic heterocycles. The summed E-state index contributed by atoms with van der Waals surface area (Å²) in [5.41, 5.74) is 3.28. The van der Waals surface area contributed by atoms with Gasteiger partial charge in [0.25, 0.3) is 0 Å². The Balaban J connectivity index is 2.17. The van der Waals surface area contributed by atoms with Gasteiger partial charge in [0.1, 0.15) is 11.8 Å². The molecule has 3 heterocycles. The minimum absolute atomic E-state index is 0.0866. The van der Waals surface area contributed by atoms with Gasteiger partial charge in [-0.3, -0.25) is 4.79 Å². The Hall–Kier alpha value is -2.11. The van der Waals surface area contributed by atoms with Crippen molar-refractivity contribution in [3.05, 3.63) is 51.6 Å². The average Bonchev–Trinajstić information content (AvgIpc) is 3.05. The van der Waals surface area contributed by atoms with Crippen LogP contribution < -0.4 is 15.7 Å². The highest BCUT2D eigenvalue weighted by Gasteiger charge is 2.17. The Morgan fingerprint density at radius 2 is 2.23 bits per heavy atom. The van der Waals surface area contributed by atoms with Crippen molar-refractivity contribution < 1.29 is 4.84 Å². The lowest BCUT2D eigenvalue weighted by Gasteiger charge is -2.18. The quantitative estimate of drug-likeness (QED) is 0.791. The third kappa shape index (κ3) is 1.90. The van der Waals surface area contributed by atoms with Crippen LogP contribution in [0.25, 0.3) is 26.6 Å². The van der Waals surface area contributed by atoms with E-state index in [2.05, 4.69) is 17.5 Å². The first kappa shape index (κ1) is 13.5. The van der Waals surface area contributed by atoms with Crippen molar-refractivity contribution in [2.45, 2.75) is 6.42 Å². The molecule has 0 saturated carbocycles. The largest absolute Gasteiger partial charge is 0.413 e. The summed E-state index contributed by atoms with van der Waals surface area (Å²) < 4.78 is 2.15. The Kier molecular flexibility index (Phi) is 3.24. The number of rotatable bonds is 2. The number of pyridine rings is 1. The Morgan fingerprint density at radius 3 is 3.00 bits per heavy atom. The lowest BCUT2D eigenvalue weighted by molar-refractivity contribution is 0.171. The van der Waals surface area contributed by atoms with Crippen LogP contribution in [0.2, 0.25) is 0 Å². The number of fused-ring (bicyclic) bond motifs is 3. The number of hydrogen-bond donors (Lipinski definition) is 1. The van der Waals surface area contributed by atoms with Crippen molar-refractivity contribution in [2.24, 2.45) is 0 Å². The fourth-order valence-corrected chi connectivity index (χ4v) is 4.00. The maximum Gasteiger partial charge on any atom is 0.301 e. The summed E-state index contributed by atoms with van der Waals surface area (Å²) in [6.07, 6.45) is 3.23. The van der Waals surface area contributed by atoms with Crippen LogP contribution in [0.15, 0.2) is 40.5 Å². The van der Waals surface area contributed by atoms with Gasteiger partial charge in [0.05, 0.1) is 5.52 Å². The predicted molar refractivity (Wildman–Crippen MR) is 91.6 cm³/mol. The van der Waals surface area contributed by atoms with Crippen molar-refractivity contribution in [3.63, 3.8) is 0 Å². The Bertz CT molecular complexity index is 952. The number of hydrogen-bond acceptors (Lipinski definition) is 4. The van der Waals surface area contributed by atoms with Crippen LogP contribution in [0.3, 0.4) is 0 Å². The van der Waals surface area contributed by atoms with Gasteiger partial charge >= 0.3 is 5.56 Å². The van der Waals surface area contributed by atoms with Crippen molar-refractivity contribution in [1.29, 1.82) is 0 Å². The van der Waals surface area contributed by atoms with Crippen LogP contribution in [-0.4, -0.2) is 24.9 Å². The third-order valence-electron chi connectivity index (χ3n) is 4.17. The van der Waals surface area contributed by atoms with E-state index in [9.17, 15) is 4.79 Å². The summed E-state index contributed by atoms with van der Waals surface area (Å²) in [5.74, 6) is 0. The molecule has 0 spiro atoms. The van der Waals surface area contributed by atoms with Gasteiger partial charge in [-0.2, -0.15) is 0 Å². The van der Waals surface area contributed by atoms with Crippen LogP contribution in [0.1, 0.15) is 12.0 Å². The molecule has 112 valence electrons. The molecule has 3 aromatic rings. The first-order chi connectivity index (χ1) is 10.8. The van der Waals surface area contributed by atoms with Gasteiger partial charge in [-0.1, -0.05) is 18.2 Å². The van der Waals surface area contributed by atoms with Crippen molar-refractivity contribution >= 4 is 37.9 Å². The summed E-state index contributed by atoms with van der Waals surface area (Å²) in [6, 6.07) is 8.12. The van der Waals surface area contributed by atoms with E-state index >= 15 is 0 Å². The highest BCUT2D eigenvalue weighted by molar-refractivity contribution is 7.17. The highest BCUT2D eigenvalue weighted by Crippen LogP contribution is 2.33. The highest BCUT2D eigenvalue weighted by atomic mass is 32.1. The van der Waals surface area contributed by atoms with E-state index < -0.39 is 0 Å². The molecule has 4 nitrogen and oxygen atoms in total. The molecule has 0 atom stereocenters. The molecule has 0 bridgehead atoms. The van der Waals surface area contributed by atoms with E-state index in [-0.39, 0.29) is 5.56 Å². The molecule has 0 saturated heterocycles. The molecule has 1 aromatic carbocycles. The predicted octanol–water partition coefficient (Wildman–Crippen LogP) is 2.65. The van der Waals surface area contributed by atoms with Gasteiger partial charge in [0.15, 0.2) is 0 Å². The zero-order chi connectivity index (χ0) is 15.1. The SMILES string of the molecule is COn1c(=O)c2sccc2c2c(C3=CCNCC3)cccc21. The van der Waals surface area contributed by atoms with E-state index in [0.717, 1.165) is 40.5 Å². The van der Waals surface area contributed by atoms with E-state index in [4.69, 9.17) is 4.84 Å². The molecule has 1 N–H and O–H groups in total. The van der Waals surface area contributed by atoms with Gasteiger partial charge in [-0.05, 0) is 41.6 Å². The molecule has 0 unspecified atom stereocenters. The van der Waals surface area contributed by atoms with Crippen molar-refractivity contribution in [1.82, 2.24) is 10.0 Å². The van der Waals surface area contributed by atoms with E-state index in [1.165, 1.54) is 34.3 Å². The summed E-state index contributed by atoms with van der Waals surface area (Å²) in [5, 5.41) is 7.44. The maximum absolute atomic E-state index is 12.5. The lowest BCUT2D eigenvalue weighted by Crippen LogP contribution is -2.25. The maximum atomic E-state index is 12.5. The minimum Gasteiger partial charge on any atom is -0.413 e. The molecule has 5 heteroatoms. The summed E-state index contributed by atoms with van der Waals surface area (Å²) in [7, 11) is 1.54. The number of aromatic nitrogens is 1. The van der Waals surface area contributed by atoms with Gasteiger partial charge in [0, 0.05) is 17.3 Å². The van der Waals surface area contributed by atoms with Gasteiger partial charge < -0.3 is 10.2 Å². The number of nitrogens with one attached hydrogen (secondary N) is 1. The zero-order valence-electron chi connectivity index (χ0n) is 12.3. The number of benzene rings is 1. The summed E-state index contributed by atoms with van der Waals surface area (Å²) in [6.45, 7) is 1.88. The fourth-order valence-electron chi connectivity index (χ4n) is 3.18. The molecule has 1 aliphatic rings. The molecule has 22 heavy (non-hydrogen) atoms. The second kappa shape index (κ2) is 5.26. The third-order valence-corrected chi connectivity index (χ3v) is 5.07. The molecule has 0 fully saturated rings. The minimum atomic E-state index is -0.0866. The Labute approximate surface area is 131 Å². The zero-order valence-corrected chi connectivity index (χ0v) is 13.1. The first-order valence-electron chi connectivity index (χ1n) is 7.31. The molecular formula is C17H16N2O2S. The molecule has 1 aliphatic heterocycles. The molecule has 0 amide bonds. The van der Waals surface area contributed by atoms with Crippen LogP contribution in [-0.2, 0) is 0 Å². The van der Waals surface area contributed by atoms with Crippen LogP contribution in [0.4, 0.5) is 0 Å². The Morgan fingerprint density at radius 1 is 1.32 bits per heavy atom. The lowest BCUT2D eigenvalue weighted by atomic mass is 9.95. The molecule has 0 aliphatic carbocycles. The molecule has 0 radical (unpaired) electrons. The van der Waals surface area contributed by atoms with Crippen molar-refractivity contribution in [2.75, 3.05) is 20.2 Å². The average molecular weight is 312 g/mol. The van der Waals surface area contributed by atoms with E-state index in [1.807, 2.05) is 23.6 Å². The van der Waals surface area contributed by atoms with Gasteiger partial charge in [-0.15, -0.1) is 16.1 Å². The standard InChI is InChI=1S/C17H16N2O2S/c1-21-19-14-4-2-3-12(11-5-8-18-9-6-11)15(14)13-7-10-22-16(13)17(19)20/h2-5,7,10,18H,6,8-9H2,1H3. The second-order valence-electron chi connectivity index (χ2n) is 5.33. The molecule has 4 rings (SSSR count). The number of thiophene rings is 1. The fraction of sp³-hybridized carbons (Fsp3) is 0.235. The summed E-state index contributed by atoms with van der Waals surface area (Å²) >= 11 is 1.47. The van der Waals surface area contributed by atoms with E-state index in [0.29, 0.717) is 0 Å². The second-order valence-corrected chi connectivity index (χ2v) is 6.24. The summed E-state index contributed by atoms with van der Waals surface area (Å²) in [4.78, 5) is 17.9. The monoisotopic (exact) mass is 312 g/mol. The normalized spacial score (nSPS) is 15.2. The van der Waals surface area contributed by atoms with E-state index in [1.54, 1.807) is 0 Å². The molecular weight excluding hydrogens is 296 g/mol. The van der Waals surface area contributed by atoms with Gasteiger partial charge in [0.2, 0.25) is 0 Å². The van der Waals surface area contributed by atoms with Crippen LogP contribution in [0, 0.1) is 0 Å². The van der Waals surface area contributed by atoms with Crippen molar-refractivity contribution in [3.8, 4) is 0 Å².